The molecular weight excluding hydrogens is 224 g/mol. The summed E-state index contributed by atoms with van der Waals surface area (Å²) in [5, 5.41) is 0. The van der Waals surface area contributed by atoms with Crippen LogP contribution in [0.1, 0.15) is 33.3 Å². The summed E-state index contributed by atoms with van der Waals surface area (Å²) >= 11 is 0. The van der Waals surface area contributed by atoms with E-state index in [2.05, 4.69) is 0 Å². The maximum Gasteiger partial charge on any atom is 0.331 e. The molecular formula is C16H20O2. The van der Waals surface area contributed by atoms with Crippen LogP contribution in [0.3, 0.4) is 0 Å². The number of benzene rings is 1. The van der Waals surface area contributed by atoms with Crippen LogP contribution in [0, 0.1) is 0 Å². The average Bonchev–Trinajstić information content (AvgIpc) is 2.25. The summed E-state index contributed by atoms with van der Waals surface area (Å²) in [7, 11) is 0. The van der Waals surface area contributed by atoms with Crippen molar-refractivity contribution in [2.45, 2.75) is 33.3 Å². The number of carbonyl (C=O) groups is 1. The van der Waals surface area contributed by atoms with Gasteiger partial charge < -0.3 is 4.74 Å². The summed E-state index contributed by atoms with van der Waals surface area (Å²) in [6.07, 6.45) is 5.38. The summed E-state index contributed by atoms with van der Waals surface area (Å²) in [5.74, 6) is -0.308. The fourth-order valence-electron chi connectivity index (χ4n) is 1.36. The van der Waals surface area contributed by atoms with Crippen molar-refractivity contribution in [2.24, 2.45) is 0 Å². The molecule has 18 heavy (non-hydrogen) atoms. The van der Waals surface area contributed by atoms with Gasteiger partial charge in [-0.1, -0.05) is 42.5 Å². The lowest BCUT2D eigenvalue weighted by molar-refractivity contribution is -0.148. The van der Waals surface area contributed by atoms with E-state index in [4.69, 9.17) is 4.74 Å². The van der Waals surface area contributed by atoms with Gasteiger partial charge in [0.15, 0.2) is 0 Å². The van der Waals surface area contributed by atoms with Gasteiger partial charge in [0.25, 0.3) is 0 Å². The highest BCUT2D eigenvalue weighted by Crippen LogP contribution is 2.09. The largest absolute Gasteiger partial charge is 0.457 e. The smallest absolute Gasteiger partial charge is 0.331 e. The summed E-state index contributed by atoms with van der Waals surface area (Å²) < 4.78 is 5.21. The van der Waals surface area contributed by atoms with Crippen molar-refractivity contribution in [2.75, 3.05) is 0 Å². The number of hydrogen-bond acceptors (Lipinski definition) is 2. The van der Waals surface area contributed by atoms with Gasteiger partial charge in [-0.2, -0.15) is 0 Å². The van der Waals surface area contributed by atoms with E-state index in [1.54, 1.807) is 0 Å². The molecule has 0 bridgehead atoms. The van der Waals surface area contributed by atoms with Gasteiger partial charge in [0.1, 0.15) is 5.60 Å². The average molecular weight is 244 g/mol. The first-order valence-corrected chi connectivity index (χ1v) is 6.01. The van der Waals surface area contributed by atoms with Gasteiger partial charge in [0.05, 0.1) is 0 Å². The second-order valence-electron chi connectivity index (χ2n) is 5.17. The lowest BCUT2D eigenvalue weighted by Crippen LogP contribution is -2.22. The minimum Gasteiger partial charge on any atom is -0.457 e. The number of rotatable bonds is 3. The molecule has 0 unspecified atom stereocenters. The Bertz CT molecular complexity index is 448. The second kappa shape index (κ2) is 6.20. The Hall–Kier alpha value is -1.83. The van der Waals surface area contributed by atoms with Gasteiger partial charge in [-0.25, -0.2) is 4.79 Å². The molecule has 1 rings (SSSR count). The summed E-state index contributed by atoms with van der Waals surface area (Å²) in [4.78, 5) is 11.5. The molecule has 1 aromatic rings. The van der Waals surface area contributed by atoms with Crippen molar-refractivity contribution >= 4 is 12.0 Å². The van der Waals surface area contributed by atoms with E-state index in [9.17, 15) is 4.79 Å². The first kappa shape index (κ1) is 14.2. The first-order chi connectivity index (χ1) is 8.37. The molecule has 2 nitrogen and oxygen atoms in total. The molecule has 0 aliphatic carbocycles. The van der Waals surface area contributed by atoms with Gasteiger partial charge in [-0.3, -0.25) is 0 Å². The molecule has 0 spiro atoms. The molecule has 0 saturated heterocycles. The molecule has 0 heterocycles. The molecule has 0 atom stereocenters. The number of carbonyl (C=O) groups excluding carboxylic acids is 1. The number of esters is 1. The van der Waals surface area contributed by atoms with Crippen LogP contribution in [0.4, 0.5) is 0 Å². The molecule has 0 aliphatic rings. The molecule has 0 aromatic heterocycles. The SMILES string of the molecule is CC(=C/C(=O)OC(C)(C)C)/C=C/c1ccccc1. The molecule has 0 saturated carbocycles. The molecule has 0 N–H and O–H groups in total. The number of allylic oxidation sites excluding steroid dienone is 2. The van der Waals surface area contributed by atoms with E-state index in [1.165, 1.54) is 6.08 Å². The van der Waals surface area contributed by atoms with E-state index in [0.717, 1.165) is 11.1 Å². The normalized spacial score (nSPS) is 12.8. The third-order valence-electron chi connectivity index (χ3n) is 2.09. The topological polar surface area (TPSA) is 26.3 Å². The van der Waals surface area contributed by atoms with Crippen LogP contribution in [0.15, 0.2) is 48.1 Å². The highest BCUT2D eigenvalue weighted by Gasteiger charge is 2.14. The fraction of sp³-hybridized carbons (Fsp3) is 0.312. The fourth-order valence-corrected chi connectivity index (χ4v) is 1.36. The minimum atomic E-state index is -0.447. The van der Waals surface area contributed by atoms with Crippen LogP contribution in [0.25, 0.3) is 6.08 Å². The molecule has 0 radical (unpaired) electrons. The standard InChI is InChI=1S/C16H20O2/c1-13(12-15(17)18-16(2,3)4)10-11-14-8-6-5-7-9-14/h5-12H,1-4H3/b11-10+,13-12-. The quantitative estimate of drug-likeness (QED) is 0.456. The summed E-state index contributed by atoms with van der Waals surface area (Å²) in [6.45, 7) is 7.44. The zero-order valence-corrected chi connectivity index (χ0v) is 11.4. The Morgan fingerprint density at radius 1 is 1.17 bits per heavy atom. The van der Waals surface area contributed by atoms with E-state index >= 15 is 0 Å². The van der Waals surface area contributed by atoms with Gasteiger partial charge in [0.2, 0.25) is 0 Å². The number of ether oxygens (including phenoxy) is 1. The Morgan fingerprint density at radius 2 is 1.78 bits per heavy atom. The van der Waals surface area contributed by atoms with Gasteiger partial charge in [-0.05, 0) is 38.8 Å². The van der Waals surface area contributed by atoms with Crippen molar-refractivity contribution in [3.63, 3.8) is 0 Å². The minimum absolute atomic E-state index is 0.308. The summed E-state index contributed by atoms with van der Waals surface area (Å²) in [5.41, 5.74) is 1.53. The third-order valence-corrected chi connectivity index (χ3v) is 2.09. The van der Waals surface area contributed by atoms with Gasteiger partial charge >= 0.3 is 5.97 Å². The monoisotopic (exact) mass is 244 g/mol. The third kappa shape index (κ3) is 6.04. The maximum atomic E-state index is 11.5. The molecule has 0 fully saturated rings. The van der Waals surface area contributed by atoms with Crippen LogP contribution < -0.4 is 0 Å². The van der Waals surface area contributed by atoms with Crippen LogP contribution in [-0.4, -0.2) is 11.6 Å². The lowest BCUT2D eigenvalue weighted by atomic mass is 10.1. The predicted molar refractivity (Wildman–Crippen MR) is 75.1 cm³/mol. The van der Waals surface area contributed by atoms with E-state index < -0.39 is 5.60 Å². The highest BCUT2D eigenvalue weighted by molar-refractivity contribution is 5.83. The first-order valence-electron chi connectivity index (χ1n) is 6.01. The molecule has 0 amide bonds. The second-order valence-corrected chi connectivity index (χ2v) is 5.17. The van der Waals surface area contributed by atoms with Crippen molar-refractivity contribution in [3.05, 3.63) is 53.6 Å². The van der Waals surface area contributed by atoms with E-state index in [0.29, 0.717) is 0 Å². The van der Waals surface area contributed by atoms with Crippen LogP contribution in [-0.2, 0) is 9.53 Å². The number of hydrogen-bond donors (Lipinski definition) is 0. The molecule has 0 aliphatic heterocycles. The van der Waals surface area contributed by atoms with Gasteiger partial charge in [0, 0.05) is 6.08 Å². The van der Waals surface area contributed by atoms with Crippen LogP contribution in [0.2, 0.25) is 0 Å². The van der Waals surface area contributed by atoms with E-state index in [1.807, 2.05) is 70.2 Å². The van der Waals surface area contributed by atoms with Crippen molar-refractivity contribution in [1.29, 1.82) is 0 Å². The van der Waals surface area contributed by atoms with E-state index in [-0.39, 0.29) is 5.97 Å². The Balaban J connectivity index is 2.63. The Kier molecular flexibility index (Phi) is 4.90. The Morgan fingerprint density at radius 3 is 2.33 bits per heavy atom. The lowest BCUT2D eigenvalue weighted by Gasteiger charge is -2.18. The summed E-state index contributed by atoms with van der Waals surface area (Å²) in [6, 6.07) is 9.95. The van der Waals surface area contributed by atoms with Crippen molar-refractivity contribution in [1.82, 2.24) is 0 Å². The Labute approximate surface area is 109 Å². The zero-order chi connectivity index (χ0) is 13.6. The van der Waals surface area contributed by atoms with Crippen molar-refractivity contribution < 1.29 is 9.53 Å². The molecule has 2 heteroatoms. The zero-order valence-electron chi connectivity index (χ0n) is 11.4. The van der Waals surface area contributed by atoms with Crippen LogP contribution in [0.5, 0.6) is 0 Å². The molecule has 96 valence electrons. The molecule has 1 aromatic carbocycles. The highest BCUT2D eigenvalue weighted by atomic mass is 16.6. The van der Waals surface area contributed by atoms with Crippen LogP contribution >= 0.6 is 0 Å². The van der Waals surface area contributed by atoms with Crippen molar-refractivity contribution in [3.8, 4) is 0 Å². The van der Waals surface area contributed by atoms with Gasteiger partial charge in [-0.15, -0.1) is 0 Å². The maximum absolute atomic E-state index is 11.5. The predicted octanol–water partition coefficient (Wildman–Crippen LogP) is 3.99.